The van der Waals surface area contributed by atoms with Gasteiger partial charge in [0.2, 0.25) is 5.88 Å². The molecule has 1 N–H and O–H groups in total. The van der Waals surface area contributed by atoms with Crippen LogP contribution in [0, 0.1) is 5.82 Å². The van der Waals surface area contributed by atoms with Crippen LogP contribution in [0.15, 0.2) is 29.1 Å². The number of hydrogen-bond donors (Lipinski definition) is 1. The average molecular weight is 271 g/mol. The molecule has 5 nitrogen and oxygen atoms in total. The summed E-state index contributed by atoms with van der Waals surface area (Å²) < 4.78 is 18.7. The average Bonchev–Trinajstić information content (AvgIpc) is 2.58. The van der Waals surface area contributed by atoms with Crippen molar-refractivity contribution in [1.29, 1.82) is 0 Å². The number of ether oxygens (including phenoxy) is 1. The van der Waals surface area contributed by atoms with Gasteiger partial charge in [0.25, 0.3) is 5.56 Å². The fourth-order valence-corrected chi connectivity index (χ4v) is 1.67. The van der Waals surface area contributed by atoms with Crippen molar-refractivity contribution in [3.63, 3.8) is 0 Å². The number of rotatable bonds is 2. The number of aromatic amines is 1. The van der Waals surface area contributed by atoms with Crippen molar-refractivity contribution < 1.29 is 13.9 Å². The first-order valence-electron chi connectivity index (χ1n) is 4.93. The van der Waals surface area contributed by atoms with E-state index in [-0.39, 0.29) is 16.6 Å². The highest BCUT2D eigenvalue weighted by Crippen LogP contribution is 2.20. The summed E-state index contributed by atoms with van der Waals surface area (Å²) in [6.07, 6.45) is 0. The predicted molar refractivity (Wildman–Crippen MR) is 62.7 cm³/mol. The van der Waals surface area contributed by atoms with Gasteiger partial charge in [-0.15, -0.1) is 0 Å². The minimum atomic E-state index is -0.561. The van der Waals surface area contributed by atoms with Crippen LogP contribution in [0.4, 0.5) is 4.39 Å². The Labute approximate surface area is 106 Å². The third-order valence-corrected chi connectivity index (χ3v) is 2.40. The van der Waals surface area contributed by atoms with Crippen molar-refractivity contribution >= 4 is 17.6 Å². The van der Waals surface area contributed by atoms with E-state index in [4.69, 9.17) is 16.3 Å². The van der Waals surface area contributed by atoms with Crippen LogP contribution in [0.25, 0.3) is 5.69 Å². The number of esters is 1. The fourth-order valence-electron chi connectivity index (χ4n) is 1.42. The van der Waals surface area contributed by atoms with Crippen molar-refractivity contribution in [1.82, 2.24) is 9.78 Å². The second-order valence-corrected chi connectivity index (χ2v) is 3.89. The largest absolute Gasteiger partial charge is 0.408 e. The van der Waals surface area contributed by atoms with E-state index in [0.29, 0.717) is 0 Å². The quantitative estimate of drug-likeness (QED) is 0.848. The Bertz CT molecular complexity index is 663. The smallest absolute Gasteiger partial charge is 0.309 e. The van der Waals surface area contributed by atoms with Gasteiger partial charge in [-0.3, -0.25) is 14.7 Å². The second kappa shape index (κ2) is 4.66. The van der Waals surface area contributed by atoms with E-state index in [9.17, 15) is 14.0 Å². The maximum atomic E-state index is 12.9. The molecule has 1 aromatic heterocycles. The molecule has 0 radical (unpaired) electrons. The van der Waals surface area contributed by atoms with E-state index in [2.05, 4.69) is 5.10 Å². The van der Waals surface area contributed by atoms with Gasteiger partial charge in [-0.25, -0.2) is 9.07 Å². The van der Waals surface area contributed by atoms with Crippen molar-refractivity contribution in [3.05, 3.63) is 45.5 Å². The molecule has 0 atom stereocenters. The summed E-state index contributed by atoms with van der Waals surface area (Å²) in [5, 5.41) is 2.61. The van der Waals surface area contributed by atoms with Crippen LogP contribution >= 0.6 is 11.6 Å². The number of H-pyrrole nitrogens is 1. The second-order valence-electron chi connectivity index (χ2n) is 3.48. The number of benzene rings is 1. The van der Waals surface area contributed by atoms with Gasteiger partial charge in [0.15, 0.2) is 0 Å². The Morgan fingerprint density at radius 3 is 2.78 bits per heavy atom. The zero-order valence-corrected chi connectivity index (χ0v) is 9.99. The molecule has 0 spiro atoms. The molecule has 2 rings (SSSR count). The number of hydrogen-bond acceptors (Lipinski definition) is 3. The van der Waals surface area contributed by atoms with E-state index in [0.717, 1.165) is 16.8 Å². The summed E-state index contributed by atoms with van der Waals surface area (Å²) in [6.45, 7) is 1.21. The lowest BCUT2D eigenvalue weighted by Crippen LogP contribution is -2.13. The first-order chi connectivity index (χ1) is 8.47. The summed E-state index contributed by atoms with van der Waals surface area (Å²) in [5.74, 6) is -1.08. The Balaban J connectivity index is 2.47. The molecule has 94 valence electrons. The molecule has 0 aliphatic rings. The normalized spacial score (nSPS) is 10.4. The molecule has 18 heavy (non-hydrogen) atoms. The van der Waals surface area contributed by atoms with Gasteiger partial charge in [0.05, 0.1) is 16.8 Å². The zero-order valence-electron chi connectivity index (χ0n) is 9.24. The molecular weight excluding hydrogens is 263 g/mol. The monoisotopic (exact) mass is 270 g/mol. The molecule has 0 saturated heterocycles. The predicted octanol–water partition coefficient (Wildman–Crippen LogP) is 1.88. The molecule has 0 bridgehead atoms. The van der Waals surface area contributed by atoms with Gasteiger partial charge < -0.3 is 4.74 Å². The zero-order chi connectivity index (χ0) is 13.3. The van der Waals surface area contributed by atoms with Crippen LogP contribution in [0.3, 0.4) is 0 Å². The van der Waals surface area contributed by atoms with Crippen molar-refractivity contribution in [2.24, 2.45) is 0 Å². The van der Waals surface area contributed by atoms with Gasteiger partial charge in [-0.05, 0) is 18.2 Å². The molecule has 0 aliphatic carbocycles. The van der Waals surface area contributed by atoms with Gasteiger partial charge in [0, 0.05) is 6.92 Å². The van der Waals surface area contributed by atoms with Crippen LogP contribution in [-0.4, -0.2) is 15.7 Å². The molecule has 1 aromatic carbocycles. The van der Waals surface area contributed by atoms with E-state index in [1.807, 2.05) is 0 Å². The Morgan fingerprint density at radius 2 is 2.17 bits per heavy atom. The van der Waals surface area contributed by atoms with E-state index < -0.39 is 17.3 Å². The van der Waals surface area contributed by atoms with Crippen molar-refractivity contribution in [2.45, 2.75) is 6.92 Å². The van der Waals surface area contributed by atoms with E-state index >= 15 is 0 Å². The summed E-state index contributed by atoms with van der Waals surface area (Å²) in [7, 11) is 0. The highest BCUT2D eigenvalue weighted by atomic mass is 35.5. The number of halogens is 2. The first-order valence-corrected chi connectivity index (χ1v) is 5.31. The number of aromatic nitrogens is 2. The van der Waals surface area contributed by atoms with Gasteiger partial charge in [0.1, 0.15) is 5.82 Å². The summed E-state index contributed by atoms with van der Waals surface area (Å²) >= 11 is 5.82. The highest BCUT2D eigenvalue weighted by Gasteiger charge is 2.11. The first kappa shape index (κ1) is 12.4. The molecule has 7 heteroatoms. The molecule has 0 saturated carbocycles. The van der Waals surface area contributed by atoms with Gasteiger partial charge in [-0.1, -0.05) is 11.6 Å². The van der Waals surface area contributed by atoms with Crippen LogP contribution in [0.5, 0.6) is 5.88 Å². The standard InChI is InChI=1S/C11H8ClFN2O3/c1-6(16)18-10-5-11(17)15(14-10)9-3-2-7(13)4-8(9)12/h2-5,14H,1H3. The molecule has 0 amide bonds. The lowest BCUT2D eigenvalue weighted by Gasteiger charge is -2.04. The Morgan fingerprint density at radius 1 is 1.44 bits per heavy atom. The van der Waals surface area contributed by atoms with Crippen LogP contribution < -0.4 is 10.3 Å². The number of nitrogens with one attached hydrogen (secondary N) is 1. The third-order valence-electron chi connectivity index (χ3n) is 2.10. The summed E-state index contributed by atoms with van der Waals surface area (Å²) in [6, 6.07) is 4.68. The molecular formula is C11H8ClFN2O3. The molecule has 0 fully saturated rings. The van der Waals surface area contributed by atoms with E-state index in [1.165, 1.54) is 19.1 Å². The number of carbonyl (C=O) groups excluding carboxylic acids is 1. The SMILES string of the molecule is CC(=O)Oc1cc(=O)n(-c2ccc(F)cc2Cl)[nH]1. The van der Waals surface area contributed by atoms with Gasteiger partial charge in [-0.2, -0.15) is 0 Å². The van der Waals surface area contributed by atoms with Crippen LogP contribution in [0.2, 0.25) is 5.02 Å². The number of carbonyl (C=O) groups is 1. The van der Waals surface area contributed by atoms with Crippen LogP contribution in [0.1, 0.15) is 6.92 Å². The van der Waals surface area contributed by atoms with Crippen molar-refractivity contribution in [3.8, 4) is 11.6 Å². The molecule has 0 aliphatic heterocycles. The Hall–Kier alpha value is -2.08. The lowest BCUT2D eigenvalue weighted by molar-refractivity contribution is -0.132. The number of nitrogens with zero attached hydrogens (tertiary/aromatic N) is 1. The maximum absolute atomic E-state index is 12.9. The summed E-state index contributed by atoms with van der Waals surface area (Å²) in [4.78, 5) is 22.4. The van der Waals surface area contributed by atoms with Gasteiger partial charge >= 0.3 is 5.97 Å². The Kier molecular flexibility index (Phi) is 3.20. The minimum Gasteiger partial charge on any atom is -0.408 e. The molecule has 2 aromatic rings. The lowest BCUT2D eigenvalue weighted by atomic mass is 10.3. The highest BCUT2D eigenvalue weighted by molar-refractivity contribution is 6.32. The van der Waals surface area contributed by atoms with E-state index in [1.54, 1.807) is 0 Å². The minimum absolute atomic E-state index is 0.00658. The summed E-state index contributed by atoms with van der Waals surface area (Å²) in [5.41, 5.74) is -0.207. The maximum Gasteiger partial charge on any atom is 0.309 e. The van der Waals surface area contributed by atoms with Crippen molar-refractivity contribution in [2.75, 3.05) is 0 Å². The molecule has 1 heterocycles. The third kappa shape index (κ3) is 2.43. The molecule has 0 unspecified atom stereocenters. The topological polar surface area (TPSA) is 64.1 Å². The van der Waals surface area contributed by atoms with Crippen LogP contribution in [-0.2, 0) is 4.79 Å². The fraction of sp³-hybridized carbons (Fsp3) is 0.0909.